The van der Waals surface area contributed by atoms with Gasteiger partial charge in [-0.15, -0.1) is 0 Å². The highest BCUT2D eigenvalue weighted by atomic mass is 19.1. The third-order valence-electron chi connectivity index (χ3n) is 4.32. The maximum Gasteiger partial charge on any atom is 0.269 e. The molecule has 0 aliphatic heterocycles. The minimum atomic E-state index is -0.331. The van der Waals surface area contributed by atoms with E-state index < -0.39 is 0 Å². The van der Waals surface area contributed by atoms with Gasteiger partial charge >= 0.3 is 0 Å². The molecule has 0 saturated heterocycles. The minimum absolute atomic E-state index is 0.255. The van der Waals surface area contributed by atoms with Crippen molar-refractivity contribution in [3.05, 3.63) is 77.9 Å². The standard InChI is InChI=1S/C22H22FN3O3/c1-28-17-7-8-21(29-2)19(14-17)26-16-10-12-24-20(13-16)22(27)25-11-9-15-5-3-4-6-18(15)23/h3-8,10,12-14H,9,11H2,1-2H3,(H,24,26)(H,25,27). The van der Waals surface area contributed by atoms with Crippen LogP contribution in [0.3, 0.4) is 0 Å². The van der Waals surface area contributed by atoms with Gasteiger partial charge < -0.3 is 20.1 Å². The molecule has 0 bridgehead atoms. The Balaban J connectivity index is 1.66. The quantitative estimate of drug-likeness (QED) is 0.604. The van der Waals surface area contributed by atoms with Crippen LogP contribution in [0.2, 0.25) is 0 Å². The Morgan fingerprint density at radius 2 is 1.90 bits per heavy atom. The van der Waals surface area contributed by atoms with Crippen molar-refractivity contribution >= 4 is 17.3 Å². The third kappa shape index (κ3) is 5.22. The van der Waals surface area contributed by atoms with Crippen LogP contribution in [0.4, 0.5) is 15.8 Å². The van der Waals surface area contributed by atoms with E-state index in [0.717, 1.165) is 0 Å². The molecule has 0 radical (unpaired) electrons. The van der Waals surface area contributed by atoms with Gasteiger partial charge in [0.25, 0.3) is 5.91 Å². The molecule has 2 N–H and O–H groups in total. The molecule has 2 aromatic carbocycles. The van der Waals surface area contributed by atoms with Crippen LogP contribution in [0.1, 0.15) is 16.1 Å². The first-order valence-electron chi connectivity index (χ1n) is 9.07. The number of nitrogens with zero attached hydrogens (tertiary/aromatic N) is 1. The molecule has 3 rings (SSSR count). The first kappa shape index (κ1) is 20.1. The zero-order valence-corrected chi connectivity index (χ0v) is 16.2. The predicted octanol–water partition coefficient (Wildman–Crippen LogP) is 3.95. The number of halogens is 1. The molecule has 3 aromatic rings. The van der Waals surface area contributed by atoms with Crippen LogP contribution in [0.15, 0.2) is 60.8 Å². The topological polar surface area (TPSA) is 72.5 Å². The molecule has 6 nitrogen and oxygen atoms in total. The average molecular weight is 395 g/mol. The molecule has 0 atom stereocenters. The Labute approximate surface area is 168 Å². The minimum Gasteiger partial charge on any atom is -0.497 e. The van der Waals surface area contributed by atoms with Crippen molar-refractivity contribution < 1.29 is 18.7 Å². The number of methoxy groups -OCH3 is 2. The summed E-state index contributed by atoms with van der Waals surface area (Å²) in [7, 11) is 3.16. The largest absolute Gasteiger partial charge is 0.497 e. The zero-order chi connectivity index (χ0) is 20.6. The second-order valence-electron chi connectivity index (χ2n) is 6.22. The fourth-order valence-electron chi connectivity index (χ4n) is 2.80. The van der Waals surface area contributed by atoms with Crippen LogP contribution >= 0.6 is 0 Å². The van der Waals surface area contributed by atoms with E-state index in [1.807, 2.05) is 0 Å². The number of rotatable bonds is 8. The lowest BCUT2D eigenvalue weighted by Crippen LogP contribution is -2.26. The lowest BCUT2D eigenvalue weighted by atomic mass is 10.1. The number of carbonyl (C=O) groups excluding carboxylic acids is 1. The fourth-order valence-corrected chi connectivity index (χ4v) is 2.80. The molecule has 0 unspecified atom stereocenters. The monoisotopic (exact) mass is 395 g/mol. The Bertz CT molecular complexity index is 995. The number of hydrogen-bond donors (Lipinski definition) is 2. The molecule has 1 aromatic heterocycles. The number of ether oxygens (including phenoxy) is 2. The maximum atomic E-state index is 13.7. The van der Waals surface area contributed by atoms with Gasteiger partial charge in [0.15, 0.2) is 0 Å². The summed E-state index contributed by atoms with van der Waals surface area (Å²) < 4.78 is 24.3. The van der Waals surface area contributed by atoms with E-state index >= 15 is 0 Å². The molecule has 0 saturated carbocycles. The highest BCUT2D eigenvalue weighted by Gasteiger charge is 2.10. The van der Waals surface area contributed by atoms with Crippen molar-refractivity contribution in [3.63, 3.8) is 0 Å². The summed E-state index contributed by atoms with van der Waals surface area (Å²) >= 11 is 0. The number of pyridine rings is 1. The number of anilines is 2. The van der Waals surface area contributed by atoms with E-state index in [1.54, 1.807) is 68.9 Å². The maximum absolute atomic E-state index is 13.7. The van der Waals surface area contributed by atoms with E-state index in [4.69, 9.17) is 9.47 Å². The lowest BCUT2D eigenvalue weighted by molar-refractivity contribution is 0.0949. The highest BCUT2D eigenvalue weighted by molar-refractivity contribution is 5.93. The number of carbonyl (C=O) groups is 1. The Morgan fingerprint density at radius 1 is 1.07 bits per heavy atom. The molecule has 1 amide bonds. The molecular weight excluding hydrogens is 373 g/mol. The van der Waals surface area contributed by atoms with Crippen LogP contribution in [-0.2, 0) is 6.42 Å². The van der Waals surface area contributed by atoms with Gasteiger partial charge in [0.1, 0.15) is 23.0 Å². The molecule has 0 spiro atoms. The third-order valence-corrected chi connectivity index (χ3v) is 4.32. The first-order valence-corrected chi connectivity index (χ1v) is 9.07. The Hall–Kier alpha value is -3.61. The van der Waals surface area contributed by atoms with Crippen LogP contribution in [0, 0.1) is 5.82 Å². The first-order chi connectivity index (χ1) is 14.1. The smallest absolute Gasteiger partial charge is 0.269 e. The Kier molecular flexibility index (Phi) is 6.63. The van der Waals surface area contributed by atoms with Crippen LogP contribution < -0.4 is 20.1 Å². The summed E-state index contributed by atoms with van der Waals surface area (Å²) in [4.78, 5) is 16.5. The van der Waals surface area contributed by atoms with Gasteiger partial charge in [-0.1, -0.05) is 18.2 Å². The van der Waals surface area contributed by atoms with Crippen molar-refractivity contribution in [3.8, 4) is 11.5 Å². The lowest BCUT2D eigenvalue weighted by Gasteiger charge is -2.13. The zero-order valence-electron chi connectivity index (χ0n) is 16.2. The van der Waals surface area contributed by atoms with Gasteiger partial charge in [-0.05, 0) is 42.3 Å². The molecule has 0 aliphatic rings. The molecule has 7 heteroatoms. The Morgan fingerprint density at radius 3 is 2.66 bits per heavy atom. The van der Waals surface area contributed by atoms with Crippen molar-refractivity contribution in [1.82, 2.24) is 10.3 Å². The normalized spacial score (nSPS) is 10.3. The van der Waals surface area contributed by atoms with Crippen LogP contribution in [-0.4, -0.2) is 31.7 Å². The van der Waals surface area contributed by atoms with Crippen molar-refractivity contribution in [2.75, 3.05) is 26.1 Å². The second kappa shape index (κ2) is 9.54. The van der Waals surface area contributed by atoms with Gasteiger partial charge in [0.05, 0.1) is 19.9 Å². The van der Waals surface area contributed by atoms with E-state index in [1.165, 1.54) is 6.07 Å². The number of hydrogen-bond acceptors (Lipinski definition) is 5. The summed E-state index contributed by atoms with van der Waals surface area (Å²) in [5, 5.41) is 5.97. The summed E-state index contributed by atoms with van der Waals surface area (Å²) in [5.41, 5.74) is 2.18. The molecule has 1 heterocycles. The summed E-state index contributed by atoms with van der Waals surface area (Å²) in [6.07, 6.45) is 1.94. The van der Waals surface area contributed by atoms with Crippen LogP contribution in [0.5, 0.6) is 11.5 Å². The molecular formula is C22H22FN3O3. The van der Waals surface area contributed by atoms with E-state index in [0.29, 0.717) is 41.4 Å². The second-order valence-corrected chi connectivity index (χ2v) is 6.22. The van der Waals surface area contributed by atoms with E-state index in [9.17, 15) is 9.18 Å². The van der Waals surface area contributed by atoms with E-state index in [-0.39, 0.29) is 17.4 Å². The summed E-state index contributed by atoms with van der Waals surface area (Å²) in [5.74, 6) is 0.702. The molecule has 0 aliphatic carbocycles. The number of benzene rings is 2. The van der Waals surface area contributed by atoms with Crippen molar-refractivity contribution in [2.45, 2.75) is 6.42 Å². The average Bonchev–Trinajstić information content (AvgIpc) is 2.75. The van der Waals surface area contributed by atoms with Crippen LogP contribution in [0.25, 0.3) is 0 Å². The SMILES string of the molecule is COc1ccc(OC)c(Nc2ccnc(C(=O)NCCc3ccccc3F)c2)c1. The molecule has 150 valence electrons. The van der Waals surface area contributed by atoms with Gasteiger partial charge in [-0.2, -0.15) is 0 Å². The number of amides is 1. The van der Waals surface area contributed by atoms with Gasteiger partial charge in [0, 0.05) is 24.5 Å². The van der Waals surface area contributed by atoms with E-state index in [2.05, 4.69) is 15.6 Å². The van der Waals surface area contributed by atoms with Gasteiger partial charge in [0.2, 0.25) is 0 Å². The fraction of sp³-hybridized carbons (Fsp3) is 0.182. The number of nitrogens with one attached hydrogen (secondary N) is 2. The van der Waals surface area contributed by atoms with Crippen molar-refractivity contribution in [1.29, 1.82) is 0 Å². The van der Waals surface area contributed by atoms with Gasteiger partial charge in [-0.3, -0.25) is 9.78 Å². The summed E-state index contributed by atoms with van der Waals surface area (Å²) in [6.45, 7) is 0.308. The molecule has 0 fully saturated rings. The summed E-state index contributed by atoms with van der Waals surface area (Å²) in [6, 6.07) is 15.3. The highest BCUT2D eigenvalue weighted by Crippen LogP contribution is 2.31. The predicted molar refractivity (Wildman–Crippen MR) is 110 cm³/mol. The van der Waals surface area contributed by atoms with Gasteiger partial charge in [-0.25, -0.2) is 4.39 Å². The van der Waals surface area contributed by atoms with Crippen molar-refractivity contribution in [2.24, 2.45) is 0 Å². The number of aromatic nitrogens is 1. The molecule has 29 heavy (non-hydrogen) atoms.